The highest BCUT2D eigenvalue weighted by molar-refractivity contribution is 5.54. The van der Waals surface area contributed by atoms with Crippen molar-refractivity contribution in [3.8, 4) is 5.75 Å². The van der Waals surface area contributed by atoms with Gasteiger partial charge in [-0.1, -0.05) is 24.3 Å². The van der Waals surface area contributed by atoms with Gasteiger partial charge in [-0.15, -0.1) is 0 Å². The van der Waals surface area contributed by atoms with Gasteiger partial charge in [0, 0.05) is 31.9 Å². The van der Waals surface area contributed by atoms with Crippen molar-refractivity contribution in [2.24, 2.45) is 0 Å². The number of anilines is 1. The maximum atomic E-state index is 13.4. The van der Waals surface area contributed by atoms with E-state index in [0.29, 0.717) is 6.54 Å². The summed E-state index contributed by atoms with van der Waals surface area (Å²) >= 11 is 0. The molecule has 2 aromatic rings. The van der Waals surface area contributed by atoms with Gasteiger partial charge in [-0.3, -0.25) is 0 Å². The maximum absolute atomic E-state index is 13.4. The molecule has 4 heteroatoms. The van der Waals surface area contributed by atoms with E-state index < -0.39 is 5.82 Å². The summed E-state index contributed by atoms with van der Waals surface area (Å²) in [6.07, 6.45) is 0. The lowest BCUT2D eigenvalue weighted by atomic mass is 10.1. The molecular weight excluding hydrogens is 255 g/mol. The first-order valence-corrected chi connectivity index (χ1v) is 6.75. The van der Waals surface area contributed by atoms with Crippen molar-refractivity contribution in [3.05, 3.63) is 59.4 Å². The van der Waals surface area contributed by atoms with E-state index in [4.69, 9.17) is 0 Å². The second-order valence-electron chi connectivity index (χ2n) is 5.01. The van der Waals surface area contributed by atoms with Gasteiger partial charge in [-0.2, -0.15) is 0 Å². The van der Waals surface area contributed by atoms with E-state index in [2.05, 4.69) is 22.3 Å². The molecule has 20 heavy (non-hydrogen) atoms. The van der Waals surface area contributed by atoms with Crippen molar-refractivity contribution < 1.29 is 9.50 Å². The molecule has 2 aromatic carbocycles. The third kappa shape index (κ3) is 2.60. The molecule has 3 rings (SSSR count). The van der Waals surface area contributed by atoms with Crippen LogP contribution in [-0.2, 0) is 13.1 Å². The zero-order chi connectivity index (χ0) is 13.9. The van der Waals surface area contributed by atoms with Crippen LogP contribution in [0.5, 0.6) is 5.75 Å². The summed E-state index contributed by atoms with van der Waals surface area (Å²) in [6.45, 7) is 3.27. The van der Waals surface area contributed by atoms with Crippen LogP contribution in [0.1, 0.15) is 11.1 Å². The monoisotopic (exact) mass is 272 g/mol. The van der Waals surface area contributed by atoms with Crippen LogP contribution in [-0.4, -0.2) is 18.2 Å². The predicted octanol–water partition coefficient (Wildman–Crippen LogP) is 2.64. The smallest absolute Gasteiger partial charge is 0.165 e. The van der Waals surface area contributed by atoms with Gasteiger partial charge < -0.3 is 15.3 Å². The molecule has 1 heterocycles. The molecule has 0 spiro atoms. The number of phenolic OH excluding ortho intramolecular Hbond substituents is 1. The number of hydrogen-bond donors (Lipinski definition) is 2. The van der Waals surface area contributed by atoms with Gasteiger partial charge >= 0.3 is 0 Å². The van der Waals surface area contributed by atoms with Gasteiger partial charge in [0.25, 0.3) is 0 Å². The third-order valence-electron chi connectivity index (χ3n) is 3.59. The van der Waals surface area contributed by atoms with Crippen LogP contribution in [0.2, 0.25) is 0 Å². The van der Waals surface area contributed by atoms with Crippen LogP contribution in [0.4, 0.5) is 10.1 Å². The van der Waals surface area contributed by atoms with Gasteiger partial charge in [0.2, 0.25) is 0 Å². The van der Waals surface area contributed by atoms with Crippen LogP contribution in [0.3, 0.4) is 0 Å². The Morgan fingerprint density at radius 3 is 2.90 bits per heavy atom. The molecule has 0 aromatic heterocycles. The number of nitrogens with zero attached hydrogens (tertiary/aromatic N) is 1. The lowest BCUT2D eigenvalue weighted by Crippen LogP contribution is -2.28. The lowest BCUT2D eigenvalue weighted by molar-refractivity contribution is 0.431. The normalized spacial score (nSPS) is 14.8. The first-order valence-electron chi connectivity index (χ1n) is 6.75. The number of nitrogens with one attached hydrogen (secondary N) is 1. The fourth-order valence-corrected chi connectivity index (χ4v) is 2.56. The largest absolute Gasteiger partial charge is 0.505 e. The van der Waals surface area contributed by atoms with Gasteiger partial charge in [-0.05, 0) is 29.3 Å². The summed E-state index contributed by atoms with van der Waals surface area (Å²) < 4.78 is 13.4. The fourth-order valence-electron chi connectivity index (χ4n) is 2.56. The van der Waals surface area contributed by atoms with Crippen molar-refractivity contribution >= 4 is 5.69 Å². The van der Waals surface area contributed by atoms with Gasteiger partial charge in [0.15, 0.2) is 11.6 Å². The fraction of sp³-hybridized carbons (Fsp3) is 0.250. The number of phenols is 1. The Morgan fingerprint density at radius 2 is 2.05 bits per heavy atom. The second-order valence-corrected chi connectivity index (χ2v) is 5.01. The molecule has 0 saturated carbocycles. The first-order chi connectivity index (χ1) is 9.74. The molecule has 0 amide bonds. The average Bonchev–Trinajstić information content (AvgIpc) is 2.66. The minimum Gasteiger partial charge on any atom is -0.505 e. The minimum atomic E-state index is -0.566. The molecule has 0 aliphatic carbocycles. The van der Waals surface area contributed by atoms with E-state index in [-0.39, 0.29) is 5.75 Å². The van der Waals surface area contributed by atoms with Crippen molar-refractivity contribution in [2.75, 3.05) is 18.0 Å². The second kappa shape index (κ2) is 5.51. The van der Waals surface area contributed by atoms with Crippen molar-refractivity contribution in [3.63, 3.8) is 0 Å². The quantitative estimate of drug-likeness (QED) is 0.882. The van der Waals surface area contributed by atoms with Gasteiger partial charge in [0.1, 0.15) is 0 Å². The molecular formula is C16H17FN2O. The summed E-state index contributed by atoms with van der Waals surface area (Å²) in [7, 11) is 0. The van der Waals surface area contributed by atoms with Crippen LogP contribution in [0.15, 0.2) is 42.5 Å². The molecule has 3 nitrogen and oxygen atoms in total. The molecule has 0 unspecified atom stereocenters. The minimum absolute atomic E-state index is 0.299. The molecule has 0 saturated heterocycles. The van der Waals surface area contributed by atoms with Crippen LogP contribution in [0.25, 0.3) is 0 Å². The lowest BCUT2D eigenvalue weighted by Gasteiger charge is -2.24. The topological polar surface area (TPSA) is 35.5 Å². The predicted molar refractivity (Wildman–Crippen MR) is 77.3 cm³/mol. The van der Waals surface area contributed by atoms with Crippen molar-refractivity contribution in [2.45, 2.75) is 13.1 Å². The summed E-state index contributed by atoms with van der Waals surface area (Å²) in [5, 5.41) is 12.6. The Morgan fingerprint density at radius 1 is 1.20 bits per heavy atom. The number of para-hydroxylation sites is 1. The first kappa shape index (κ1) is 12.9. The number of benzene rings is 2. The number of fused-ring (bicyclic) bond motifs is 1. The zero-order valence-electron chi connectivity index (χ0n) is 11.1. The summed E-state index contributed by atoms with van der Waals surface area (Å²) in [5.74, 6) is -0.865. The number of hydrogen-bond acceptors (Lipinski definition) is 3. The Balaban J connectivity index is 1.88. The number of rotatable bonds is 2. The highest BCUT2D eigenvalue weighted by Crippen LogP contribution is 2.25. The van der Waals surface area contributed by atoms with Crippen molar-refractivity contribution in [1.82, 2.24) is 5.32 Å². The average molecular weight is 272 g/mol. The summed E-state index contributed by atoms with van der Waals surface area (Å²) in [5.41, 5.74) is 3.30. The number of aromatic hydroxyl groups is 1. The summed E-state index contributed by atoms with van der Waals surface area (Å²) in [4.78, 5) is 2.24. The van der Waals surface area contributed by atoms with E-state index >= 15 is 0 Å². The van der Waals surface area contributed by atoms with Crippen LogP contribution < -0.4 is 10.2 Å². The van der Waals surface area contributed by atoms with E-state index in [9.17, 15) is 9.50 Å². The van der Waals surface area contributed by atoms with Crippen LogP contribution >= 0.6 is 0 Å². The molecule has 104 valence electrons. The Hall–Kier alpha value is -2.07. The van der Waals surface area contributed by atoms with E-state index in [1.54, 1.807) is 6.07 Å². The Bertz CT molecular complexity index is 615. The van der Waals surface area contributed by atoms with Crippen LogP contribution in [0, 0.1) is 5.82 Å². The standard InChI is InChI=1S/C16H17FN2O/c17-14-9-12(5-6-16(14)20)11-19-8-7-18-10-13-3-1-2-4-15(13)19/h1-6,9,18,20H,7-8,10-11H2. The van der Waals surface area contributed by atoms with E-state index in [1.165, 1.54) is 23.4 Å². The third-order valence-corrected chi connectivity index (χ3v) is 3.59. The molecule has 0 bridgehead atoms. The van der Waals surface area contributed by atoms with E-state index in [0.717, 1.165) is 25.2 Å². The molecule has 0 atom stereocenters. The van der Waals surface area contributed by atoms with Crippen molar-refractivity contribution in [1.29, 1.82) is 0 Å². The Labute approximate surface area is 117 Å². The SMILES string of the molecule is Oc1ccc(CN2CCNCc3ccccc32)cc1F. The summed E-state index contributed by atoms with van der Waals surface area (Å²) in [6, 6.07) is 12.8. The highest BCUT2D eigenvalue weighted by Gasteiger charge is 2.15. The maximum Gasteiger partial charge on any atom is 0.165 e. The molecule has 0 fully saturated rings. The zero-order valence-corrected chi connectivity index (χ0v) is 11.1. The Kier molecular flexibility index (Phi) is 3.56. The van der Waals surface area contributed by atoms with E-state index in [1.807, 2.05) is 12.1 Å². The highest BCUT2D eigenvalue weighted by atomic mass is 19.1. The molecule has 1 aliphatic rings. The number of halogens is 1. The molecule has 2 N–H and O–H groups in total. The van der Waals surface area contributed by atoms with Gasteiger partial charge in [-0.25, -0.2) is 4.39 Å². The molecule has 1 aliphatic heterocycles. The molecule has 0 radical (unpaired) electrons. The van der Waals surface area contributed by atoms with Gasteiger partial charge in [0.05, 0.1) is 0 Å².